The van der Waals surface area contributed by atoms with Gasteiger partial charge in [0.15, 0.2) is 0 Å². The number of nitrogens with zero attached hydrogens (tertiary/aromatic N) is 2. The van der Waals surface area contributed by atoms with Crippen LogP contribution in [0.1, 0.15) is 6.42 Å². The van der Waals surface area contributed by atoms with Crippen molar-refractivity contribution >= 4 is 27.4 Å². The molecule has 3 nitrogen and oxygen atoms in total. The van der Waals surface area contributed by atoms with Gasteiger partial charge in [-0.3, -0.25) is 0 Å². The second kappa shape index (κ2) is 7.14. The van der Waals surface area contributed by atoms with Crippen molar-refractivity contribution in [1.82, 2.24) is 4.98 Å². The van der Waals surface area contributed by atoms with Gasteiger partial charge in [-0.2, -0.15) is 0 Å². The molecule has 0 spiro atoms. The molecule has 0 atom stereocenters. The van der Waals surface area contributed by atoms with E-state index in [4.69, 9.17) is 0 Å². The van der Waals surface area contributed by atoms with Crippen LogP contribution >= 0.6 is 15.9 Å². The third-order valence-corrected chi connectivity index (χ3v) is 3.37. The molecule has 0 aliphatic carbocycles. The smallest absolute Gasteiger partial charge is 0.125 e. The molecule has 2 rings (SSSR count). The normalized spacial score (nSPS) is 10.2. The maximum absolute atomic E-state index is 4.28. The summed E-state index contributed by atoms with van der Waals surface area (Å²) in [5.74, 6) is 0.922. The Morgan fingerprint density at radius 3 is 2.63 bits per heavy atom. The van der Waals surface area contributed by atoms with Crippen LogP contribution in [0.25, 0.3) is 0 Å². The molecule has 0 unspecified atom stereocenters. The monoisotopic (exact) mass is 319 g/mol. The van der Waals surface area contributed by atoms with E-state index < -0.39 is 0 Å². The van der Waals surface area contributed by atoms with E-state index in [2.05, 4.69) is 62.4 Å². The van der Waals surface area contributed by atoms with Crippen molar-refractivity contribution < 1.29 is 0 Å². The Bertz CT molecular complexity index is 485. The molecule has 4 heteroatoms. The Morgan fingerprint density at radius 2 is 1.95 bits per heavy atom. The Labute approximate surface area is 122 Å². The van der Waals surface area contributed by atoms with Crippen LogP contribution in [0.5, 0.6) is 0 Å². The number of aromatic nitrogens is 1. The predicted molar refractivity (Wildman–Crippen MR) is 84.8 cm³/mol. The molecule has 1 N–H and O–H groups in total. The van der Waals surface area contributed by atoms with Gasteiger partial charge in [0.1, 0.15) is 5.82 Å². The number of benzene rings is 1. The van der Waals surface area contributed by atoms with Crippen LogP contribution in [0, 0.1) is 0 Å². The summed E-state index contributed by atoms with van der Waals surface area (Å²) in [5, 5.41) is 3.32. The Hall–Kier alpha value is -1.55. The van der Waals surface area contributed by atoms with Crippen molar-refractivity contribution in [3.05, 3.63) is 53.1 Å². The standard InChI is InChI=1S/C15H18BrN3/c1-19(14-6-3-2-4-7-14)11-5-10-17-15-9-8-13(16)12-18-15/h2-4,6-9,12H,5,10-11H2,1H3,(H,17,18). The third-order valence-electron chi connectivity index (χ3n) is 2.90. The summed E-state index contributed by atoms with van der Waals surface area (Å²) in [5.41, 5.74) is 1.25. The van der Waals surface area contributed by atoms with Crippen LogP contribution in [-0.4, -0.2) is 25.1 Å². The molecule has 0 aliphatic heterocycles. The van der Waals surface area contributed by atoms with Gasteiger partial charge in [-0.15, -0.1) is 0 Å². The molecule has 0 aliphatic rings. The molecule has 1 aromatic heterocycles. The average Bonchev–Trinajstić information content (AvgIpc) is 2.46. The Kier molecular flexibility index (Phi) is 5.21. The highest BCUT2D eigenvalue weighted by Crippen LogP contribution is 2.12. The van der Waals surface area contributed by atoms with E-state index in [0.29, 0.717) is 0 Å². The molecule has 1 heterocycles. The SMILES string of the molecule is CN(CCCNc1ccc(Br)cn1)c1ccccc1. The van der Waals surface area contributed by atoms with Crippen molar-refractivity contribution in [3.63, 3.8) is 0 Å². The summed E-state index contributed by atoms with van der Waals surface area (Å²) >= 11 is 3.38. The summed E-state index contributed by atoms with van der Waals surface area (Å²) < 4.78 is 1.00. The van der Waals surface area contributed by atoms with Crippen molar-refractivity contribution in [2.75, 3.05) is 30.4 Å². The maximum Gasteiger partial charge on any atom is 0.125 e. The Balaban J connectivity index is 1.71. The largest absolute Gasteiger partial charge is 0.375 e. The summed E-state index contributed by atoms with van der Waals surface area (Å²) in [6.07, 6.45) is 2.88. The third kappa shape index (κ3) is 4.56. The molecule has 0 saturated carbocycles. The zero-order chi connectivity index (χ0) is 13.5. The van der Waals surface area contributed by atoms with Crippen molar-refractivity contribution in [3.8, 4) is 0 Å². The minimum atomic E-state index is 0.922. The van der Waals surface area contributed by atoms with E-state index in [0.717, 1.165) is 29.8 Å². The van der Waals surface area contributed by atoms with Crippen LogP contribution in [0.2, 0.25) is 0 Å². The molecular weight excluding hydrogens is 302 g/mol. The van der Waals surface area contributed by atoms with Crippen LogP contribution < -0.4 is 10.2 Å². The molecule has 0 saturated heterocycles. The second-order valence-corrected chi connectivity index (χ2v) is 5.31. The van der Waals surface area contributed by atoms with Crippen LogP contribution in [0.4, 0.5) is 11.5 Å². The van der Waals surface area contributed by atoms with E-state index in [1.165, 1.54) is 5.69 Å². The van der Waals surface area contributed by atoms with Gasteiger partial charge in [0.2, 0.25) is 0 Å². The predicted octanol–water partition coefficient (Wildman–Crippen LogP) is 3.78. The molecule has 19 heavy (non-hydrogen) atoms. The summed E-state index contributed by atoms with van der Waals surface area (Å²) in [4.78, 5) is 6.54. The van der Waals surface area contributed by atoms with Gasteiger partial charge in [0, 0.05) is 36.5 Å². The highest BCUT2D eigenvalue weighted by molar-refractivity contribution is 9.10. The summed E-state index contributed by atoms with van der Waals surface area (Å²) in [6, 6.07) is 14.4. The fourth-order valence-electron chi connectivity index (χ4n) is 1.82. The zero-order valence-corrected chi connectivity index (χ0v) is 12.6. The molecule has 2 aromatic rings. The number of pyridine rings is 1. The van der Waals surface area contributed by atoms with Gasteiger partial charge in [-0.05, 0) is 46.6 Å². The fraction of sp³-hybridized carbons (Fsp3) is 0.267. The molecule has 100 valence electrons. The minimum Gasteiger partial charge on any atom is -0.375 e. The van der Waals surface area contributed by atoms with Gasteiger partial charge >= 0.3 is 0 Å². The quantitative estimate of drug-likeness (QED) is 0.821. The number of rotatable bonds is 6. The zero-order valence-electron chi connectivity index (χ0n) is 11.0. The van der Waals surface area contributed by atoms with Gasteiger partial charge in [-0.1, -0.05) is 18.2 Å². The fourth-order valence-corrected chi connectivity index (χ4v) is 2.06. The van der Waals surface area contributed by atoms with E-state index in [1.54, 1.807) is 6.20 Å². The maximum atomic E-state index is 4.28. The first kappa shape index (κ1) is 13.9. The summed E-state index contributed by atoms with van der Waals surface area (Å²) in [7, 11) is 2.12. The van der Waals surface area contributed by atoms with E-state index in [-0.39, 0.29) is 0 Å². The van der Waals surface area contributed by atoms with E-state index >= 15 is 0 Å². The first-order valence-corrected chi connectivity index (χ1v) is 7.16. The van der Waals surface area contributed by atoms with Crippen LogP contribution in [0.15, 0.2) is 53.1 Å². The summed E-state index contributed by atoms with van der Waals surface area (Å²) in [6.45, 7) is 1.94. The van der Waals surface area contributed by atoms with Crippen molar-refractivity contribution in [1.29, 1.82) is 0 Å². The molecule has 1 aromatic carbocycles. The van der Waals surface area contributed by atoms with Gasteiger partial charge in [0.05, 0.1) is 0 Å². The van der Waals surface area contributed by atoms with Gasteiger partial charge < -0.3 is 10.2 Å². The lowest BCUT2D eigenvalue weighted by Crippen LogP contribution is -2.20. The first-order valence-electron chi connectivity index (χ1n) is 6.37. The first-order chi connectivity index (χ1) is 9.25. The number of nitrogens with one attached hydrogen (secondary N) is 1. The second-order valence-electron chi connectivity index (χ2n) is 4.40. The molecule has 0 amide bonds. The van der Waals surface area contributed by atoms with Crippen molar-refractivity contribution in [2.24, 2.45) is 0 Å². The highest BCUT2D eigenvalue weighted by atomic mass is 79.9. The topological polar surface area (TPSA) is 28.2 Å². The van der Waals surface area contributed by atoms with Crippen molar-refractivity contribution in [2.45, 2.75) is 6.42 Å². The molecule has 0 fully saturated rings. The molecular formula is C15H18BrN3. The average molecular weight is 320 g/mol. The highest BCUT2D eigenvalue weighted by Gasteiger charge is 1.99. The number of hydrogen-bond acceptors (Lipinski definition) is 3. The van der Waals surface area contributed by atoms with Gasteiger partial charge in [0.25, 0.3) is 0 Å². The van der Waals surface area contributed by atoms with Crippen LogP contribution in [0.3, 0.4) is 0 Å². The molecule has 0 bridgehead atoms. The van der Waals surface area contributed by atoms with E-state index in [9.17, 15) is 0 Å². The molecule has 0 radical (unpaired) electrons. The van der Waals surface area contributed by atoms with Crippen LogP contribution in [-0.2, 0) is 0 Å². The Morgan fingerprint density at radius 1 is 1.16 bits per heavy atom. The number of anilines is 2. The number of para-hydroxylation sites is 1. The minimum absolute atomic E-state index is 0.922. The lowest BCUT2D eigenvalue weighted by atomic mass is 10.3. The van der Waals surface area contributed by atoms with Gasteiger partial charge in [-0.25, -0.2) is 4.98 Å². The number of hydrogen-bond donors (Lipinski definition) is 1. The van der Waals surface area contributed by atoms with E-state index in [1.807, 2.05) is 18.2 Å². The lowest BCUT2D eigenvalue weighted by Gasteiger charge is -2.19. The lowest BCUT2D eigenvalue weighted by molar-refractivity contribution is 0.814. The number of halogens is 1.